The van der Waals surface area contributed by atoms with Crippen molar-refractivity contribution in [3.05, 3.63) is 156 Å². The number of hydrogen-bond acceptors (Lipinski definition) is 0. The van der Waals surface area contributed by atoms with E-state index in [1.54, 1.807) is 0 Å². The van der Waals surface area contributed by atoms with E-state index in [0.29, 0.717) is 11.4 Å². The summed E-state index contributed by atoms with van der Waals surface area (Å²) in [6, 6.07) is 45.6. The topological polar surface area (TPSA) is 18.6 Å². The molecule has 42 heavy (non-hydrogen) atoms. The molecular weight excluding hydrogens is 512 g/mol. The summed E-state index contributed by atoms with van der Waals surface area (Å²) in [5, 5.41) is 4.43. The standard InChI is InChI=1S/C38H22N4/c1-39-25-22-23-35-32(24-25)31-18-11-17-30(38(31)42(35)36-21-9-7-19-33(36)40-2)29-16-10-15-28-27-14-6-8-20-34(27)41(37(28)29)26-12-4-3-5-13-26/h3-24H. The van der Waals surface area contributed by atoms with Gasteiger partial charge in [-0.05, 0) is 41.8 Å². The van der Waals surface area contributed by atoms with Gasteiger partial charge in [0.05, 0.1) is 40.9 Å². The Kier molecular flexibility index (Phi) is 5.22. The minimum atomic E-state index is 0.581. The van der Waals surface area contributed by atoms with Gasteiger partial charge in [0.15, 0.2) is 5.69 Å². The van der Waals surface area contributed by atoms with Crippen LogP contribution < -0.4 is 0 Å². The van der Waals surface area contributed by atoms with Crippen LogP contribution in [-0.2, 0) is 0 Å². The average Bonchev–Trinajstić information content (AvgIpc) is 3.58. The van der Waals surface area contributed by atoms with Gasteiger partial charge >= 0.3 is 0 Å². The van der Waals surface area contributed by atoms with Gasteiger partial charge in [-0.2, -0.15) is 0 Å². The van der Waals surface area contributed by atoms with E-state index in [2.05, 4.69) is 104 Å². The number of aromatic nitrogens is 2. The lowest BCUT2D eigenvalue weighted by molar-refractivity contribution is 1.18. The maximum atomic E-state index is 7.95. The number of para-hydroxylation sites is 6. The van der Waals surface area contributed by atoms with E-state index in [9.17, 15) is 0 Å². The first-order valence-corrected chi connectivity index (χ1v) is 13.8. The molecular formula is C38H22N4. The van der Waals surface area contributed by atoms with Gasteiger partial charge in [-0.3, -0.25) is 0 Å². The molecule has 0 aliphatic rings. The number of rotatable bonds is 3. The second-order valence-electron chi connectivity index (χ2n) is 10.3. The van der Waals surface area contributed by atoms with Crippen LogP contribution in [0.15, 0.2) is 133 Å². The molecule has 2 heterocycles. The lowest BCUT2D eigenvalue weighted by Crippen LogP contribution is -1.98. The van der Waals surface area contributed by atoms with Crippen LogP contribution in [0.5, 0.6) is 0 Å². The Bertz CT molecular complexity index is 2430. The van der Waals surface area contributed by atoms with Gasteiger partial charge in [0.25, 0.3) is 0 Å². The van der Waals surface area contributed by atoms with E-state index in [-0.39, 0.29) is 0 Å². The molecule has 0 saturated heterocycles. The Morgan fingerprint density at radius 1 is 0.452 bits per heavy atom. The monoisotopic (exact) mass is 534 g/mol. The zero-order valence-corrected chi connectivity index (χ0v) is 22.5. The first-order chi connectivity index (χ1) is 20.8. The highest BCUT2D eigenvalue weighted by Gasteiger charge is 2.22. The maximum Gasteiger partial charge on any atom is 0.210 e. The minimum Gasteiger partial charge on any atom is -0.319 e. The van der Waals surface area contributed by atoms with Crippen LogP contribution in [0.3, 0.4) is 0 Å². The summed E-state index contributed by atoms with van der Waals surface area (Å²) >= 11 is 0. The first kappa shape index (κ1) is 23.8. The molecule has 0 radical (unpaired) electrons. The van der Waals surface area contributed by atoms with Gasteiger partial charge in [-0.1, -0.05) is 97.1 Å². The molecule has 0 aliphatic heterocycles. The van der Waals surface area contributed by atoms with Crippen molar-refractivity contribution < 1.29 is 0 Å². The van der Waals surface area contributed by atoms with E-state index in [1.807, 2.05) is 48.5 Å². The summed E-state index contributed by atoms with van der Waals surface area (Å²) < 4.78 is 4.56. The molecule has 0 aliphatic carbocycles. The molecule has 194 valence electrons. The number of hydrogen-bond donors (Lipinski definition) is 0. The minimum absolute atomic E-state index is 0.581. The van der Waals surface area contributed by atoms with Crippen molar-refractivity contribution in [2.75, 3.05) is 0 Å². The Morgan fingerprint density at radius 3 is 1.83 bits per heavy atom. The molecule has 0 saturated carbocycles. The van der Waals surface area contributed by atoms with Crippen molar-refractivity contribution in [2.45, 2.75) is 0 Å². The lowest BCUT2D eigenvalue weighted by atomic mass is 9.99. The van der Waals surface area contributed by atoms with Crippen molar-refractivity contribution in [2.24, 2.45) is 0 Å². The summed E-state index contributed by atoms with van der Waals surface area (Å²) in [5.74, 6) is 0. The van der Waals surface area contributed by atoms with Crippen molar-refractivity contribution >= 4 is 55.0 Å². The third-order valence-electron chi connectivity index (χ3n) is 8.14. The number of fused-ring (bicyclic) bond motifs is 6. The zero-order valence-electron chi connectivity index (χ0n) is 22.5. The molecule has 0 atom stereocenters. The van der Waals surface area contributed by atoms with Crippen LogP contribution in [0, 0.1) is 13.1 Å². The predicted molar refractivity (Wildman–Crippen MR) is 173 cm³/mol. The summed E-state index contributed by atoms with van der Waals surface area (Å²) in [7, 11) is 0. The van der Waals surface area contributed by atoms with Gasteiger partial charge < -0.3 is 9.13 Å². The summed E-state index contributed by atoms with van der Waals surface area (Å²) in [5.41, 5.74) is 9.54. The van der Waals surface area contributed by atoms with Crippen molar-refractivity contribution in [1.82, 2.24) is 9.13 Å². The number of benzene rings is 6. The first-order valence-electron chi connectivity index (χ1n) is 13.8. The highest BCUT2D eigenvalue weighted by atomic mass is 15.0. The molecule has 0 unspecified atom stereocenters. The summed E-state index contributed by atoms with van der Waals surface area (Å²) in [6.07, 6.45) is 0. The molecule has 4 heteroatoms. The Labute approximate surface area is 242 Å². The van der Waals surface area contributed by atoms with Gasteiger partial charge in [0.1, 0.15) is 0 Å². The zero-order chi connectivity index (χ0) is 28.2. The lowest BCUT2D eigenvalue weighted by Gasteiger charge is -2.15. The largest absolute Gasteiger partial charge is 0.319 e. The third kappa shape index (κ3) is 3.33. The van der Waals surface area contributed by atoms with Gasteiger partial charge in [0, 0.05) is 33.0 Å². The van der Waals surface area contributed by atoms with E-state index >= 15 is 0 Å². The molecule has 6 aromatic carbocycles. The highest BCUT2D eigenvalue weighted by molar-refractivity contribution is 6.19. The molecule has 8 rings (SSSR count). The fraction of sp³-hybridized carbons (Fsp3) is 0. The van der Waals surface area contributed by atoms with Crippen LogP contribution in [0.25, 0.3) is 75.8 Å². The molecule has 8 aromatic rings. The SMILES string of the molecule is [C-]#[N+]c1ccc2c(c1)c1cccc(-c3cccc4c5ccccc5n(-c5ccccc5)c34)c1n2-c1ccccc1[N+]#[C-]. The van der Waals surface area contributed by atoms with Crippen LogP contribution >= 0.6 is 0 Å². The van der Waals surface area contributed by atoms with Crippen LogP contribution in [-0.4, -0.2) is 9.13 Å². The van der Waals surface area contributed by atoms with Crippen molar-refractivity contribution in [3.63, 3.8) is 0 Å². The quantitative estimate of drug-likeness (QED) is 0.201. The second-order valence-corrected chi connectivity index (χ2v) is 10.3. The van der Waals surface area contributed by atoms with Crippen molar-refractivity contribution in [3.8, 4) is 22.5 Å². The van der Waals surface area contributed by atoms with Crippen molar-refractivity contribution in [1.29, 1.82) is 0 Å². The Morgan fingerprint density at radius 2 is 1.07 bits per heavy atom. The second kappa shape index (κ2) is 9.24. The number of nitrogens with zero attached hydrogens (tertiary/aromatic N) is 4. The molecule has 0 fully saturated rings. The molecule has 0 bridgehead atoms. The summed E-state index contributed by atoms with van der Waals surface area (Å²) in [6.45, 7) is 15.6. The molecule has 2 aromatic heterocycles. The van der Waals surface area contributed by atoms with E-state index < -0.39 is 0 Å². The van der Waals surface area contributed by atoms with E-state index in [4.69, 9.17) is 13.1 Å². The van der Waals surface area contributed by atoms with E-state index in [0.717, 1.165) is 55.3 Å². The van der Waals surface area contributed by atoms with Gasteiger partial charge in [0.2, 0.25) is 5.69 Å². The fourth-order valence-corrected chi connectivity index (χ4v) is 6.42. The average molecular weight is 535 g/mol. The molecule has 0 N–H and O–H groups in total. The van der Waals surface area contributed by atoms with Gasteiger partial charge in [-0.15, -0.1) is 0 Å². The molecule has 0 spiro atoms. The van der Waals surface area contributed by atoms with Gasteiger partial charge in [-0.25, -0.2) is 9.69 Å². The predicted octanol–water partition coefficient (Wildman–Crippen LogP) is 10.6. The van der Waals surface area contributed by atoms with Crippen LogP contribution in [0.2, 0.25) is 0 Å². The maximum absolute atomic E-state index is 7.95. The highest BCUT2D eigenvalue weighted by Crippen LogP contribution is 2.44. The summed E-state index contributed by atoms with van der Waals surface area (Å²) in [4.78, 5) is 7.61. The smallest absolute Gasteiger partial charge is 0.210 e. The Balaban J connectivity index is 1.58. The normalized spacial score (nSPS) is 11.3. The fourth-order valence-electron chi connectivity index (χ4n) is 6.42. The molecule has 0 amide bonds. The van der Waals surface area contributed by atoms with E-state index in [1.165, 1.54) is 10.8 Å². The van der Waals surface area contributed by atoms with Crippen LogP contribution in [0.4, 0.5) is 11.4 Å². The Hall–Kier alpha value is -6.10. The third-order valence-corrected chi connectivity index (χ3v) is 8.14. The molecule has 4 nitrogen and oxygen atoms in total. The van der Waals surface area contributed by atoms with Crippen LogP contribution in [0.1, 0.15) is 0 Å².